The summed E-state index contributed by atoms with van der Waals surface area (Å²) < 4.78 is 53.5. The summed E-state index contributed by atoms with van der Waals surface area (Å²) in [5, 5.41) is 27.6. The molecule has 0 amide bonds. The number of aryl methyl sites for hydroxylation is 3. The van der Waals surface area contributed by atoms with Crippen LogP contribution in [0.15, 0.2) is 128 Å². The summed E-state index contributed by atoms with van der Waals surface area (Å²) in [5.41, 5.74) is 11.3. The highest BCUT2D eigenvalue weighted by Gasteiger charge is 2.30. The predicted octanol–water partition coefficient (Wildman–Crippen LogP) is 11.2. The van der Waals surface area contributed by atoms with E-state index in [9.17, 15) is 14.0 Å². The quantitative estimate of drug-likeness (QED) is 0.137. The minimum Gasteiger partial charge on any atom is -0.495 e. The molecular formula is C54H49F2N11O3. The highest BCUT2D eigenvalue weighted by Crippen LogP contribution is 2.42. The van der Waals surface area contributed by atoms with Gasteiger partial charge in [-0.25, -0.2) is 18.7 Å². The molecule has 7 heterocycles. The zero-order valence-electron chi connectivity index (χ0n) is 38.6. The van der Waals surface area contributed by atoms with Gasteiger partial charge in [0.2, 0.25) is 0 Å². The molecule has 0 fully saturated rings. The average Bonchev–Trinajstić information content (AvgIpc) is 4.20. The van der Waals surface area contributed by atoms with Crippen LogP contribution in [-0.2, 0) is 0 Å². The topological polar surface area (TPSA) is 149 Å². The molecule has 0 spiro atoms. The third-order valence-corrected chi connectivity index (χ3v) is 12.4. The largest absolute Gasteiger partial charge is 0.495 e. The number of benzene rings is 4. The summed E-state index contributed by atoms with van der Waals surface area (Å²) in [6, 6.07) is 29.6. The number of hydrogen-bond donors (Lipinski definition) is 0. The standard InChI is InChI=1S/C27H24N6O.C26H21F2N5O2.CH4/c1-17-5-7-21(8-6-17)19(3)33-15-20(13-28)11-23-26(30-31-27(23)33)22-9-10-24(25(12-22)34-4)32-14-18(2)29-16-32;1-15-12-32(14-29-15)22-5-3-16(9-24(22)34-2)25-20-11-18(28)13-33(26(20)31-30-25)21-7-8-35-23-6-4-17(27)10-19(21)23;/h5-12,14-16,19H,1-4H3;3-6,9-14,21H,7-8H2,1-2H3;1H4/t19-;;/m0../s1. The maximum Gasteiger partial charge on any atom is 0.165 e. The van der Waals surface area contributed by atoms with Crippen molar-refractivity contribution in [2.45, 2.75) is 53.6 Å². The highest BCUT2D eigenvalue weighted by atomic mass is 19.1. The normalized spacial score (nSPS) is 13.4. The third kappa shape index (κ3) is 8.69. The van der Waals surface area contributed by atoms with Gasteiger partial charge < -0.3 is 32.5 Å². The number of halogens is 2. The molecule has 6 aromatic rings. The number of pyridine rings is 2. The Bertz CT molecular complexity index is 3470. The number of hydrogen-bond acceptors (Lipinski definition) is 10. The molecule has 2 aromatic heterocycles. The third-order valence-electron chi connectivity index (χ3n) is 12.4. The van der Waals surface area contributed by atoms with E-state index in [0.29, 0.717) is 64.2 Å². The second kappa shape index (κ2) is 19.1. The van der Waals surface area contributed by atoms with Gasteiger partial charge in [0, 0.05) is 53.5 Å². The van der Waals surface area contributed by atoms with Crippen LogP contribution in [0.1, 0.15) is 66.5 Å². The predicted molar refractivity (Wildman–Crippen MR) is 262 cm³/mol. The van der Waals surface area contributed by atoms with Crippen LogP contribution in [0.4, 0.5) is 8.78 Å². The lowest BCUT2D eigenvalue weighted by Crippen LogP contribution is -2.22. The monoisotopic (exact) mass is 937 g/mol. The van der Waals surface area contributed by atoms with Gasteiger partial charge in [0.25, 0.3) is 0 Å². The van der Waals surface area contributed by atoms with E-state index in [1.807, 2.05) is 88.6 Å². The molecule has 0 N–H and O–H groups in total. The summed E-state index contributed by atoms with van der Waals surface area (Å²) in [6.45, 7) is 8.46. The van der Waals surface area contributed by atoms with Gasteiger partial charge in [-0.1, -0.05) is 49.4 Å². The molecule has 11 rings (SSSR count). The molecule has 0 aliphatic carbocycles. The van der Waals surface area contributed by atoms with Crippen molar-refractivity contribution < 1.29 is 23.0 Å². The van der Waals surface area contributed by atoms with Crippen molar-refractivity contribution >= 4 is 0 Å². The molecule has 0 saturated carbocycles. The Kier molecular flexibility index (Phi) is 12.7. The van der Waals surface area contributed by atoms with E-state index in [-0.39, 0.29) is 25.3 Å². The average molecular weight is 938 g/mol. The molecule has 0 bridgehead atoms. The second-order valence-electron chi connectivity index (χ2n) is 16.9. The van der Waals surface area contributed by atoms with Gasteiger partial charge in [-0.2, -0.15) is 5.26 Å². The molecule has 1 unspecified atom stereocenters. The number of methoxy groups -OCH3 is 2. The Labute approximate surface area is 403 Å². The van der Waals surface area contributed by atoms with Crippen molar-refractivity contribution in [2.24, 2.45) is 0 Å². The first-order valence-corrected chi connectivity index (χ1v) is 22.2. The minimum atomic E-state index is -0.435. The second-order valence-corrected chi connectivity index (χ2v) is 16.9. The zero-order chi connectivity index (χ0) is 47.9. The van der Waals surface area contributed by atoms with Crippen molar-refractivity contribution in [1.29, 1.82) is 5.26 Å². The minimum absolute atomic E-state index is 0. The maximum atomic E-state index is 14.9. The molecule has 5 aliphatic rings. The van der Waals surface area contributed by atoms with Crippen LogP contribution in [0.3, 0.4) is 0 Å². The van der Waals surface area contributed by atoms with Crippen molar-refractivity contribution in [2.75, 3.05) is 20.8 Å². The van der Waals surface area contributed by atoms with Gasteiger partial charge in [-0.05, 0) is 87.9 Å². The van der Waals surface area contributed by atoms with Crippen molar-refractivity contribution in [3.8, 4) is 80.0 Å². The van der Waals surface area contributed by atoms with Crippen molar-refractivity contribution in [1.82, 2.24) is 48.6 Å². The van der Waals surface area contributed by atoms with Crippen LogP contribution in [0.5, 0.6) is 17.2 Å². The van der Waals surface area contributed by atoms with E-state index in [1.165, 1.54) is 30.0 Å². The van der Waals surface area contributed by atoms with Crippen LogP contribution in [0.25, 0.3) is 56.7 Å². The first-order chi connectivity index (χ1) is 33.5. The van der Waals surface area contributed by atoms with Crippen LogP contribution in [0.2, 0.25) is 0 Å². The van der Waals surface area contributed by atoms with Crippen LogP contribution < -0.4 is 14.2 Å². The molecule has 352 valence electrons. The summed E-state index contributed by atoms with van der Waals surface area (Å²) in [7, 11) is 3.24. The fourth-order valence-corrected chi connectivity index (χ4v) is 8.89. The molecule has 70 heavy (non-hydrogen) atoms. The van der Waals surface area contributed by atoms with Gasteiger partial charge in [0.1, 0.15) is 46.3 Å². The molecule has 16 heteroatoms. The first-order valence-electron chi connectivity index (χ1n) is 22.2. The zero-order valence-corrected chi connectivity index (χ0v) is 38.6. The van der Waals surface area contributed by atoms with Crippen molar-refractivity contribution in [3.63, 3.8) is 0 Å². The van der Waals surface area contributed by atoms with Gasteiger partial charge in [0.05, 0.1) is 79.5 Å². The van der Waals surface area contributed by atoms with E-state index in [0.717, 1.165) is 50.8 Å². The Morgan fingerprint density at radius 2 is 1.29 bits per heavy atom. The maximum absolute atomic E-state index is 14.9. The van der Waals surface area contributed by atoms with Gasteiger partial charge in [0.15, 0.2) is 11.6 Å². The lowest BCUT2D eigenvalue weighted by atomic mass is 9.98. The van der Waals surface area contributed by atoms with Gasteiger partial charge in [-0.3, -0.25) is 0 Å². The van der Waals surface area contributed by atoms with Crippen molar-refractivity contribution in [3.05, 3.63) is 174 Å². The molecule has 4 aromatic carbocycles. The van der Waals surface area contributed by atoms with E-state index < -0.39 is 5.82 Å². The first kappa shape index (κ1) is 46.4. The fourth-order valence-electron chi connectivity index (χ4n) is 8.89. The van der Waals surface area contributed by atoms with Gasteiger partial charge in [-0.15, -0.1) is 20.4 Å². The summed E-state index contributed by atoms with van der Waals surface area (Å²) in [5.74, 6) is 2.34. The lowest BCUT2D eigenvalue weighted by molar-refractivity contribution is 0.254. The molecular weight excluding hydrogens is 889 g/mol. The van der Waals surface area contributed by atoms with Crippen LogP contribution in [0, 0.1) is 43.7 Å². The van der Waals surface area contributed by atoms with E-state index >= 15 is 0 Å². The van der Waals surface area contributed by atoms with Crippen LogP contribution in [-0.4, -0.2) is 69.5 Å². The van der Waals surface area contributed by atoms with Crippen LogP contribution >= 0.6 is 0 Å². The molecule has 0 radical (unpaired) electrons. The highest BCUT2D eigenvalue weighted by molar-refractivity contribution is 5.82. The Morgan fingerprint density at radius 1 is 0.686 bits per heavy atom. The summed E-state index contributed by atoms with van der Waals surface area (Å²) >= 11 is 0. The number of imidazole rings is 2. The molecule has 2 atom stereocenters. The molecule has 0 saturated heterocycles. The van der Waals surface area contributed by atoms with E-state index in [2.05, 4.69) is 74.5 Å². The Balaban J connectivity index is 0.000000171. The number of aromatic nitrogens is 10. The van der Waals surface area contributed by atoms with Gasteiger partial charge >= 0.3 is 0 Å². The molecule has 14 nitrogen and oxygen atoms in total. The lowest BCUT2D eigenvalue weighted by Gasteiger charge is -2.29. The molecule has 5 aliphatic heterocycles. The SMILES string of the molecule is C.COc1cc(-c2nnc3n(C4CCOc5ccc(F)cc54)cc(F)cc2-3)ccc1-n1cnc(C)c1.COc1cc(-c2nnc3n([C@@H](C)c4ccc(C)cc4)cc(C#N)cc2-3)ccc1-n1cnc(C)c1. The number of nitriles is 1. The number of rotatable bonds is 9. The Hall–Kier alpha value is -8.71. The number of fused-ring (bicyclic) bond motifs is 3. The number of ether oxygens (including phenoxy) is 3. The Morgan fingerprint density at radius 3 is 1.86 bits per heavy atom. The summed E-state index contributed by atoms with van der Waals surface area (Å²) in [6.07, 6.45) is 11.1. The van der Waals surface area contributed by atoms with E-state index in [1.54, 1.807) is 37.5 Å². The number of nitrogens with zero attached hydrogens (tertiary/aromatic N) is 11. The fraction of sp³-hybridized carbons (Fsp3) is 0.204. The summed E-state index contributed by atoms with van der Waals surface area (Å²) in [4.78, 5) is 8.58. The van der Waals surface area contributed by atoms with E-state index in [4.69, 9.17) is 14.2 Å². The smallest absolute Gasteiger partial charge is 0.165 e.